The number of rotatable bonds is 6. The van der Waals surface area contributed by atoms with Gasteiger partial charge in [0.2, 0.25) is 0 Å². The Morgan fingerprint density at radius 2 is 1.81 bits per heavy atom. The molecular weight excluding hydrogens is 316 g/mol. The van der Waals surface area contributed by atoms with Gasteiger partial charge in [-0.2, -0.15) is 0 Å². The molecule has 1 heteroatoms. The van der Waals surface area contributed by atoms with E-state index in [9.17, 15) is 4.79 Å². The van der Waals surface area contributed by atoms with Crippen LogP contribution in [0.25, 0.3) is 5.57 Å². The van der Waals surface area contributed by atoms with Gasteiger partial charge in [0.25, 0.3) is 0 Å². The van der Waals surface area contributed by atoms with Crippen LogP contribution in [0.2, 0.25) is 0 Å². The Morgan fingerprint density at radius 3 is 2.46 bits per heavy atom. The molecular formula is C25H30O. The molecule has 0 saturated carbocycles. The fraction of sp³-hybridized carbons (Fsp3) is 0.320. The van der Waals surface area contributed by atoms with Crippen LogP contribution in [0.3, 0.4) is 0 Å². The first kappa shape index (κ1) is 19.9. The molecule has 0 heterocycles. The molecule has 0 spiro atoms. The third kappa shape index (κ3) is 5.56. The zero-order valence-corrected chi connectivity index (χ0v) is 16.5. The van der Waals surface area contributed by atoms with Crippen molar-refractivity contribution in [1.82, 2.24) is 0 Å². The largest absolute Gasteiger partial charge is 0.299 e. The van der Waals surface area contributed by atoms with Gasteiger partial charge in [0, 0.05) is 0 Å². The van der Waals surface area contributed by atoms with Gasteiger partial charge in [-0.15, -0.1) is 0 Å². The van der Waals surface area contributed by atoms with Gasteiger partial charge < -0.3 is 0 Å². The third-order valence-electron chi connectivity index (χ3n) is 5.04. The average Bonchev–Trinajstić information content (AvgIpc) is 2.60. The lowest BCUT2D eigenvalue weighted by Gasteiger charge is -2.33. The molecule has 1 aromatic rings. The quantitative estimate of drug-likeness (QED) is 0.312. The molecule has 0 amide bonds. The van der Waals surface area contributed by atoms with Crippen LogP contribution in [-0.4, -0.2) is 6.29 Å². The molecule has 0 atom stereocenters. The number of aldehydes is 1. The Balaban J connectivity index is 2.36. The van der Waals surface area contributed by atoms with Gasteiger partial charge in [-0.05, 0) is 66.9 Å². The van der Waals surface area contributed by atoms with Crippen molar-refractivity contribution in [2.75, 3.05) is 0 Å². The standard InChI is InChI=1S/C25H30O/c1-20(17-19-26)10-8-14-23(22-12-6-5-7-13-22)15-16-24-21(2)11-9-18-25(24,3)4/h5-8,10,12-17,19H,9,11,18H2,1-4H3/b10-8-,16-15+,20-17+,23-14-. The Labute approximate surface area is 158 Å². The van der Waals surface area contributed by atoms with Crippen LogP contribution in [0.5, 0.6) is 0 Å². The van der Waals surface area contributed by atoms with Crippen LogP contribution in [0, 0.1) is 5.41 Å². The van der Waals surface area contributed by atoms with Crippen molar-refractivity contribution in [3.8, 4) is 0 Å². The summed E-state index contributed by atoms with van der Waals surface area (Å²) in [6, 6.07) is 10.4. The van der Waals surface area contributed by atoms with E-state index >= 15 is 0 Å². The van der Waals surface area contributed by atoms with Gasteiger partial charge in [0.15, 0.2) is 0 Å². The normalized spacial score (nSPS) is 18.8. The second-order valence-electron chi connectivity index (χ2n) is 7.66. The molecule has 0 fully saturated rings. The predicted molar refractivity (Wildman–Crippen MR) is 113 cm³/mol. The molecule has 136 valence electrons. The van der Waals surface area contributed by atoms with Crippen LogP contribution in [0.15, 0.2) is 83.5 Å². The topological polar surface area (TPSA) is 17.1 Å². The van der Waals surface area contributed by atoms with Gasteiger partial charge in [0.05, 0.1) is 0 Å². The summed E-state index contributed by atoms with van der Waals surface area (Å²) in [5.41, 5.74) is 6.51. The first-order valence-electron chi connectivity index (χ1n) is 9.38. The highest BCUT2D eigenvalue weighted by molar-refractivity contribution is 5.76. The number of benzene rings is 1. The van der Waals surface area contributed by atoms with E-state index < -0.39 is 0 Å². The number of allylic oxidation sites excluding steroid dienone is 10. The summed E-state index contributed by atoms with van der Waals surface area (Å²) in [4.78, 5) is 10.6. The number of hydrogen-bond acceptors (Lipinski definition) is 1. The second kappa shape index (κ2) is 9.33. The fourth-order valence-electron chi connectivity index (χ4n) is 3.53. The van der Waals surface area contributed by atoms with E-state index in [0.717, 1.165) is 11.9 Å². The lowest BCUT2D eigenvalue weighted by Crippen LogP contribution is -2.19. The van der Waals surface area contributed by atoms with Crippen molar-refractivity contribution in [1.29, 1.82) is 0 Å². The van der Waals surface area contributed by atoms with Gasteiger partial charge in [-0.3, -0.25) is 4.79 Å². The van der Waals surface area contributed by atoms with Crippen LogP contribution in [0.4, 0.5) is 0 Å². The molecule has 0 aromatic heterocycles. The molecule has 1 aromatic carbocycles. The zero-order valence-electron chi connectivity index (χ0n) is 16.5. The highest BCUT2D eigenvalue weighted by Gasteiger charge is 2.26. The van der Waals surface area contributed by atoms with Crippen molar-refractivity contribution in [3.63, 3.8) is 0 Å². The summed E-state index contributed by atoms with van der Waals surface area (Å²) >= 11 is 0. The van der Waals surface area contributed by atoms with Gasteiger partial charge >= 0.3 is 0 Å². The highest BCUT2D eigenvalue weighted by atomic mass is 16.1. The van der Waals surface area contributed by atoms with E-state index in [-0.39, 0.29) is 5.41 Å². The number of hydrogen-bond donors (Lipinski definition) is 0. The SMILES string of the molecule is CC1=C(/C=C/C(=C/C=C\C(C)=C\C=O)c2ccccc2)C(C)(C)CCC1. The highest BCUT2D eigenvalue weighted by Crippen LogP contribution is 2.41. The average molecular weight is 347 g/mol. The molecule has 2 rings (SSSR count). The maximum Gasteiger partial charge on any atom is 0.143 e. The summed E-state index contributed by atoms with van der Waals surface area (Å²) in [6.07, 6.45) is 16.7. The van der Waals surface area contributed by atoms with Gasteiger partial charge in [-0.1, -0.05) is 80.1 Å². The predicted octanol–water partition coefficient (Wildman–Crippen LogP) is 6.85. The minimum atomic E-state index is 0.236. The second-order valence-corrected chi connectivity index (χ2v) is 7.66. The molecule has 1 nitrogen and oxygen atoms in total. The van der Waals surface area contributed by atoms with Crippen LogP contribution in [-0.2, 0) is 4.79 Å². The molecule has 0 bridgehead atoms. The van der Waals surface area contributed by atoms with Gasteiger partial charge in [0.1, 0.15) is 6.29 Å². The van der Waals surface area contributed by atoms with E-state index in [4.69, 9.17) is 0 Å². The van der Waals surface area contributed by atoms with E-state index in [2.05, 4.69) is 63.3 Å². The lowest BCUT2D eigenvalue weighted by molar-refractivity contribution is -0.104. The number of carbonyl (C=O) groups is 1. The molecule has 0 saturated heterocycles. The zero-order chi connectivity index (χ0) is 19.0. The molecule has 0 radical (unpaired) electrons. The summed E-state index contributed by atoms with van der Waals surface area (Å²) in [5, 5.41) is 0. The Kier molecular flexibility index (Phi) is 7.15. The van der Waals surface area contributed by atoms with E-state index in [0.29, 0.717) is 0 Å². The van der Waals surface area contributed by atoms with Crippen LogP contribution < -0.4 is 0 Å². The Morgan fingerprint density at radius 1 is 1.08 bits per heavy atom. The minimum absolute atomic E-state index is 0.236. The monoisotopic (exact) mass is 346 g/mol. The van der Waals surface area contributed by atoms with E-state index in [1.807, 2.05) is 25.1 Å². The summed E-state index contributed by atoms with van der Waals surface area (Å²) in [5.74, 6) is 0. The first-order valence-corrected chi connectivity index (χ1v) is 9.38. The molecule has 26 heavy (non-hydrogen) atoms. The minimum Gasteiger partial charge on any atom is -0.299 e. The summed E-state index contributed by atoms with van der Waals surface area (Å²) in [7, 11) is 0. The van der Waals surface area contributed by atoms with Crippen LogP contribution in [0.1, 0.15) is 52.5 Å². The third-order valence-corrected chi connectivity index (χ3v) is 5.04. The summed E-state index contributed by atoms with van der Waals surface area (Å²) < 4.78 is 0. The van der Waals surface area contributed by atoms with Crippen molar-refractivity contribution in [2.45, 2.75) is 47.0 Å². The Hall–Kier alpha value is -2.41. The fourth-order valence-corrected chi connectivity index (χ4v) is 3.53. The van der Waals surface area contributed by atoms with E-state index in [1.165, 1.54) is 41.5 Å². The lowest BCUT2D eigenvalue weighted by atomic mass is 9.72. The van der Waals surface area contributed by atoms with Gasteiger partial charge in [-0.25, -0.2) is 0 Å². The Bertz CT molecular complexity index is 768. The van der Waals surface area contributed by atoms with E-state index in [1.54, 1.807) is 6.08 Å². The first-order chi connectivity index (χ1) is 12.4. The smallest absolute Gasteiger partial charge is 0.143 e. The van der Waals surface area contributed by atoms with Crippen molar-refractivity contribution in [3.05, 3.63) is 89.1 Å². The molecule has 0 N–H and O–H groups in total. The molecule has 1 aliphatic rings. The molecule has 0 aliphatic heterocycles. The maximum absolute atomic E-state index is 10.6. The number of carbonyl (C=O) groups excluding carboxylic acids is 1. The van der Waals surface area contributed by atoms with Crippen LogP contribution >= 0.6 is 0 Å². The molecule has 1 aliphatic carbocycles. The summed E-state index contributed by atoms with van der Waals surface area (Å²) in [6.45, 7) is 8.87. The molecule has 0 unspecified atom stereocenters. The van der Waals surface area contributed by atoms with Crippen molar-refractivity contribution >= 4 is 11.9 Å². The maximum atomic E-state index is 10.6. The van der Waals surface area contributed by atoms with Crippen molar-refractivity contribution < 1.29 is 4.79 Å². The van der Waals surface area contributed by atoms with Crippen molar-refractivity contribution in [2.24, 2.45) is 5.41 Å².